The SMILES string of the molecule is FC(F)(F)Oc1ccc(NC(=S)NC2CCN(c3ccnc4cc(Cl)ccc34)CC2)cc1. The highest BCUT2D eigenvalue weighted by Crippen LogP contribution is 2.29. The number of rotatable bonds is 4. The molecular formula is C22H20ClF3N4OS. The first kappa shape index (κ1) is 22.4. The summed E-state index contributed by atoms with van der Waals surface area (Å²) in [6, 6.07) is 13.4. The molecule has 0 amide bonds. The summed E-state index contributed by atoms with van der Waals surface area (Å²) in [4.78, 5) is 6.73. The zero-order chi connectivity index (χ0) is 22.7. The highest BCUT2D eigenvalue weighted by atomic mass is 35.5. The number of halogens is 4. The van der Waals surface area contributed by atoms with Crippen molar-refractivity contribution in [2.24, 2.45) is 0 Å². The molecule has 168 valence electrons. The lowest BCUT2D eigenvalue weighted by Crippen LogP contribution is -2.46. The van der Waals surface area contributed by atoms with Crippen LogP contribution in [0.4, 0.5) is 24.5 Å². The molecule has 10 heteroatoms. The number of nitrogens with zero attached hydrogens (tertiary/aromatic N) is 2. The van der Waals surface area contributed by atoms with Gasteiger partial charge in [-0.25, -0.2) is 0 Å². The van der Waals surface area contributed by atoms with Crippen LogP contribution in [0.2, 0.25) is 5.02 Å². The van der Waals surface area contributed by atoms with Crippen LogP contribution in [0.25, 0.3) is 10.9 Å². The molecule has 1 aliphatic heterocycles. The molecule has 1 aliphatic rings. The summed E-state index contributed by atoms with van der Waals surface area (Å²) in [6.45, 7) is 1.71. The van der Waals surface area contributed by atoms with Gasteiger partial charge in [0.15, 0.2) is 5.11 Å². The van der Waals surface area contributed by atoms with Gasteiger partial charge in [0, 0.05) is 47.1 Å². The summed E-state index contributed by atoms with van der Waals surface area (Å²) < 4.78 is 40.7. The van der Waals surface area contributed by atoms with Crippen molar-refractivity contribution in [1.29, 1.82) is 0 Å². The van der Waals surface area contributed by atoms with Gasteiger partial charge in [-0.2, -0.15) is 0 Å². The fourth-order valence-electron chi connectivity index (χ4n) is 3.74. The number of aromatic nitrogens is 1. The van der Waals surface area contributed by atoms with Crippen molar-refractivity contribution in [2.45, 2.75) is 25.2 Å². The minimum Gasteiger partial charge on any atom is -0.406 e. The average Bonchev–Trinajstić information content (AvgIpc) is 2.74. The summed E-state index contributed by atoms with van der Waals surface area (Å²) in [6.07, 6.45) is -1.14. The van der Waals surface area contributed by atoms with Gasteiger partial charge in [-0.15, -0.1) is 13.2 Å². The number of thiocarbonyl (C=S) groups is 1. The summed E-state index contributed by atoms with van der Waals surface area (Å²) >= 11 is 11.5. The zero-order valence-electron chi connectivity index (χ0n) is 16.8. The van der Waals surface area contributed by atoms with Crippen molar-refractivity contribution < 1.29 is 17.9 Å². The molecule has 1 fully saturated rings. The molecule has 0 atom stereocenters. The third kappa shape index (κ3) is 5.72. The molecule has 2 N–H and O–H groups in total. The van der Waals surface area contributed by atoms with Crippen molar-refractivity contribution >= 4 is 51.2 Å². The van der Waals surface area contributed by atoms with E-state index in [4.69, 9.17) is 23.8 Å². The molecule has 4 rings (SSSR count). The number of nitrogens with one attached hydrogen (secondary N) is 2. The molecule has 0 radical (unpaired) electrons. The Morgan fingerprint density at radius 2 is 1.81 bits per heavy atom. The monoisotopic (exact) mass is 480 g/mol. The van der Waals surface area contributed by atoms with Crippen molar-refractivity contribution in [3.05, 3.63) is 59.8 Å². The lowest BCUT2D eigenvalue weighted by molar-refractivity contribution is -0.274. The Balaban J connectivity index is 1.30. The number of hydrogen-bond donors (Lipinski definition) is 2. The molecule has 2 aromatic carbocycles. The van der Waals surface area contributed by atoms with Gasteiger partial charge in [0.05, 0.1) is 5.52 Å². The number of ether oxygens (including phenoxy) is 1. The number of alkyl halides is 3. The first-order chi connectivity index (χ1) is 15.3. The molecule has 1 saturated heterocycles. The van der Waals surface area contributed by atoms with Crippen LogP contribution < -0.4 is 20.3 Å². The van der Waals surface area contributed by atoms with Gasteiger partial charge < -0.3 is 20.3 Å². The van der Waals surface area contributed by atoms with Gasteiger partial charge in [-0.05, 0) is 73.6 Å². The standard InChI is InChI=1S/C22H20ClF3N4OS/c23-14-1-6-18-19(13-14)27-10-7-20(18)30-11-8-16(9-12-30)29-21(32)28-15-2-4-17(5-3-15)31-22(24,25)26/h1-7,10,13,16H,8-9,11-12H2,(H2,28,29,32). The number of piperidine rings is 1. The molecule has 0 spiro atoms. The van der Waals surface area contributed by atoms with E-state index in [2.05, 4.69) is 25.3 Å². The molecule has 2 heterocycles. The molecule has 5 nitrogen and oxygen atoms in total. The lowest BCUT2D eigenvalue weighted by atomic mass is 10.0. The number of fused-ring (bicyclic) bond motifs is 1. The van der Waals surface area contributed by atoms with Gasteiger partial charge in [-0.3, -0.25) is 4.98 Å². The molecule has 0 saturated carbocycles. The number of pyridine rings is 1. The first-order valence-corrected chi connectivity index (χ1v) is 10.8. The van der Waals surface area contributed by atoms with E-state index >= 15 is 0 Å². The smallest absolute Gasteiger partial charge is 0.406 e. The molecule has 3 aromatic rings. The second-order valence-electron chi connectivity index (χ2n) is 7.42. The molecule has 1 aromatic heterocycles. The van der Waals surface area contributed by atoms with Crippen LogP contribution in [0.3, 0.4) is 0 Å². The van der Waals surface area contributed by atoms with E-state index in [0.717, 1.165) is 42.5 Å². The quantitative estimate of drug-likeness (QED) is 0.464. The minimum atomic E-state index is -4.71. The summed E-state index contributed by atoms with van der Waals surface area (Å²) in [5.74, 6) is -0.278. The zero-order valence-corrected chi connectivity index (χ0v) is 18.4. The van der Waals surface area contributed by atoms with E-state index in [1.807, 2.05) is 24.3 Å². The third-order valence-electron chi connectivity index (χ3n) is 5.20. The Hall–Kier alpha value is -2.78. The fourth-order valence-corrected chi connectivity index (χ4v) is 4.19. The van der Waals surface area contributed by atoms with Crippen LogP contribution in [0.15, 0.2) is 54.7 Å². The molecule has 0 aliphatic carbocycles. The predicted molar refractivity (Wildman–Crippen MR) is 124 cm³/mol. The molecule has 0 unspecified atom stereocenters. The number of anilines is 2. The molecule has 32 heavy (non-hydrogen) atoms. The van der Waals surface area contributed by atoms with Crippen LogP contribution in [-0.4, -0.2) is 35.6 Å². The van der Waals surface area contributed by atoms with Crippen molar-refractivity contribution in [3.8, 4) is 5.75 Å². The van der Waals surface area contributed by atoms with Gasteiger partial charge in [0.2, 0.25) is 0 Å². The van der Waals surface area contributed by atoms with E-state index in [1.54, 1.807) is 6.20 Å². The molecular weight excluding hydrogens is 461 g/mol. The summed E-state index contributed by atoms with van der Waals surface area (Å²) in [7, 11) is 0. The Kier molecular flexibility index (Phi) is 6.57. The van der Waals surface area contributed by atoms with E-state index < -0.39 is 6.36 Å². The highest BCUT2D eigenvalue weighted by Gasteiger charge is 2.31. The Labute approximate surface area is 193 Å². The largest absolute Gasteiger partial charge is 0.573 e. The van der Waals surface area contributed by atoms with E-state index in [-0.39, 0.29) is 11.8 Å². The van der Waals surface area contributed by atoms with Gasteiger partial charge in [0.25, 0.3) is 0 Å². The maximum atomic E-state index is 12.3. The van der Waals surface area contributed by atoms with Gasteiger partial charge >= 0.3 is 6.36 Å². The first-order valence-electron chi connectivity index (χ1n) is 9.99. The summed E-state index contributed by atoms with van der Waals surface area (Å²) in [5, 5.41) is 8.45. The lowest BCUT2D eigenvalue weighted by Gasteiger charge is -2.35. The van der Waals surface area contributed by atoms with E-state index in [1.165, 1.54) is 24.3 Å². The van der Waals surface area contributed by atoms with Crippen molar-refractivity contribution in [1.82, 2.24) is 10.3 Å². The topological polar surface area (TPSA) is 49.4 Å². The number of benzene rings is 2. The molecule has 0 bridgehead atoms. The maximum Gasteiger partial charge on any atom is 0.573 e. The van der Waals surface area contributed by atoms with Crippen LogP contribution in [0, 0.1) is 0 Å². The van der Waals surface area contributed by atoms with E-state index in [9.17, 15) is 13.2 Å². The summed E-state index contributed by atoms with van der Waals surface area (Å²) in [5.41, 5.74) is 2.58. The second-order valence-corrected chi connectivity index (χ2v) is 8.27. The Bertz CT molecular complexity index is 1100. The van der Waals surface area contributed by atoms with Crippen LogP contribution >= 0.6 is 23.8 Å². The van der Waals surface area contributed by atoms with Gasteiger partial charge in [-0.1, -0.05) is 11.6 Å². The van der Waals surface area contributed by atoms with Crippen LogP contribution in [-0.2, 0) is 0 Å². The third-order valence-corrected chi connectivity index (χ3v) is 5.65. The Morgan fingerprint density at radius 3 is 2.50 bits per heavy atom. The van der Waals surface area contributed by atoms with Crippen molar-refractivity contribution in [2.75, 3.05) is 23.3 Å². The fraction of sp³-hybridized carbons (Fsp3) is 0.273. The minimum absolute atomic E-state index is 0.196. The van der Waals surface area contributed by atoms with Crippen LogP contribution in [0.5, 0.6) is 5.75 Å². The van der Waals surface area contributed by atoms with Gasteiger partial charge in [0.1, 0.15) is 5.75 Å². The van der Waals surface area contributed by atoms with E-state index in [0.29, 0.717) is 15.8 Å². The second kappa shape index (κ2) is 9.38. The van der Waals surface area contributed by atoms with Crippen LogP contribution in [0.1, 0.15) is 12.8 Å². The highest BCUT2D eigenvalue weighted by molar-refractivity contribution is 7.80. The number of hydrogen-bond acceptors (Lipinski definition) is 4. The van der Waals surface area contributed by atoms with Crippen molar-refractivity contribution in [3.63, 3.8) is 0 Å². The average molecular weight is 481 g/mol. The Morgan fingerprint density at radius 1 is 1.09 bits per heavy atom. The normalized spacial score (nSPS) is 14.9. The maximum absolute atomic E-state index is 12.3. The predicted octanol–water partition coefficient (Wildman–Crippen LogP) is 5.74.